The summed E-state index contributed by atoms with van der Waals surface area (Å²) in [6, 6.07) is 9.40. The summed E-state index contributed by atoms with van der Waals surface area (Å²) < 4.78 is 0. The molecule has 3 heteroatoms. The van der Waals surface area contributed by atoms with Crippen molar-refractivity contribution in [3.05, 3.63) is 42.3 Å². The molecule has 1 heterocycles. The van der Waals surface area contributed by atoms with Crippen molar-refractivity contribution in [1.82, 2.24) is 4.98 Å². The van der Waals surface area contributed by atoms with Gasteiger partial charge in [-0.05, 0) is 17.5 Å². The van der Waals surface area contributed by atoms with Crippen molar-refractivity contribution in [2.24, 2.45) is 0 Å². The Balaban J connectivity index is 2.64. The normalized spacial score (nSPS) is 10.3. The molecule has 0 unspecified atom stereocenters. The lowest BCUT2D eigenvalue weighted by Crippen LogP contribution is -1.82. The van der Waals surface area contributed by atoms with Crippen LogP contribution in [-0.4, -0.2) is 10.1 Å². The first-order chi connectivity index (χ1) is 6.81. The second-order valence-electron chi connectivity index (χ2n) is 2.79. The second-order valence-corrected chi connectivity index (χ2v) is 3.75. The van der Waals surface area contributed by atoms with Crippen LogP contribution in [0.5, 0.6) is 5.75 Å². The van der Waals surface area contributed by atoms with Gasteiger partial charge in [0, 0.05) is 5.39 Å². The maximum Gasteiger partial charge on any atom is 0.148 e. The number of nitrogens with zero attached hydrogens (tertiary/aromatic N) is 1. The van der Waals surface area contributed by atoms with Crippen LogP contribution in [0.4, 0.5) is 0 Å². The number of rotatable bonds is 2. The molecule has 0 atom stereocenters. The summed E-state index contributed by atoms with van der Waals surface area (Å²) in [6.07, 6.45) is 0. The third-order valence-corrected chi connectivity index (χ3v) is 2.56. The van der Waals surface area contributed by atoms with Gasteiger partial charge < -0.3 is 5.11 Å². The third-order valence-electron chi connectivity index (χ3n) is 1.87. The van der Waals surface area contributed by atoms with Crippen molar-refractivity contribution in [2.75, 3.05) is 0 Å². The van der Waals surface area contributed by atoms with Gasteiger partial charge in [-0.15, -0.1) is 0 Å². The Hall–Kier alpha value is -1.48. The number of pyridine rings is 1. The first kappa shape index (κ1) is 9.09. The highest BCUT2D eigenvalue weighted by Gasteiger charge is 2.03. The van der Waals surface area contributed by atoms with Gasteiger partial charge in [-0.2, -0.15) is 0 Å². The van der Waals surface area contributed by atoms with Crippen LogP contribution in [0, 0.1) is 0 Å². The van der Waals surface area contributed by atoms with Crippen molar-refractivity contribution in [2.45, 2.75) is 5.03 Å². The number of benzene rings is 1. The quantitative estimate of drug-likeness (QED) is 0.761. The molecule has 0 aliphatic carbocycles. The van der Waals surface area contributed by atoms with Crippen LogP contribution in [0.2, 0.25) is 0 Å². The molecule has 0 spiro atoms. The molecular weight excluding hydrogens is 194 g/mol. The minimum atomic E-state index is 0.202. The smallest absolute Gasteiger partial charge is 0.148 e. The maximum absolute atomic E-state index is 9.61. The van der Waals surface area contributed by atoms with Gasteiger partial charge in [0.15, 0.2) is 0 Å². The van der Waals surface area contributed by atoms with Gasteiger partial charge in [0.1, 0.15) is 10.8 Å². The first-order valence-electron chi connectivity index (χ1n) is 4.17. The third kappa shape index (κ3) is 1.59. The molecule has 0 radical (unpaired) electrons. The molecule has 1 aromatic heterocycles. The van der Waals surface area contributed by atoms with Crippen LogP contribution in [-0.2, 0) is 0 Å². The number of para-hydroxylation sites is 1. The largest absolute Gasteiger partial charge is 0.505 e. The van der Waals surface area contributed by atoms with E-state index in [2.05, 4.69) is 11.6 Å². The molecule has 70 valence electrons. The zero-order valence-corrected chi connectivity index (χ0v) is 8.29. The minimum absolute atomic E-state index is 0.202. The van der Waals surface area contributed by atoms with Crippen LogP contribution in [0.3, 0.4) is 0 Å². The van der Waals surface area contributed by atoms with Crippen molar-refractivity contribution in [3.8, 4) is 5.75 Å². The van der Waals surface area contributed by atoms with Gasteiger partial charge >= 0.3 is 0 Å². The van der Waals surface area contributed by atoms with Crippen molar-refractivity contribution in [3.63, 3.8) is 0 Å². The molecule has 2 rings (SSSR count). The standard InChI is InChI=1S/C11H9NOS/c1-2-14-11-10(13)7-8-5-3-4-6-9(8)12-11/h2-7,13H,1H2. The topological polar surface area (TPSA) is 33.1 Å². The highest BCUT2D eigenvalue weighted by atomic mass is 32.2. The average Bonchev–Trinajstić information content (AvgIpc) is 2.19. The number of fused-ring (bicyclic) bond motifs is 1. The van der Waals surface area contributed by atoms with E-state index in [4.69, 9.17) is 0 Å². The van der Waals surface area contributed by atoms with Gasteiger partial charge in [-0.3, -0.25) is 0 Å². The van der Waals surface area contributed by atoms with Crippen LogP contribution < -0.4 is 0 Å². The minimum Gasteiger partial charge on any atom is -0.505 e. The monoisotopic (exact) mass is 203 g/mol. The van der Waals surface area contributed by atoms with Gasteiger partial charge in [0.25, 0.3) is 0 Å². The van der Waals surface area contributed by atoms with Gasteiger partial charge in [-0.1, -0.05) is 36.5 Å². The van der Waals surface area contributed by atoms with Crippen molar-refractivity contribution >= 4 is 22.7 Å². The van der Waals surface area contributed by atoms with E-state index >= 15 is 0 Å². The Bertz CT molecular complexity index is 482. The van der Waals surface area contributed by atoms with E-state index in [1.54, 1.807) is 11.5 Å². The van der Waals surface area contributed by atoms with E-state index in [1.807, 2.05) is 24.3 Å². The number of thioether (sulfide) groups is 1. The SMILES string of the molecule is C=CSc1nc2ccccc2cc1O. The Morgan fingerprint density at radius 3 is 2.93 bits per heavy atom. The molecule has 1 N–H and O–H groups in total. The van der Waals surface area contributed by atoms with E-state index in [1.165, 1.54) is 11.8 Å². The van der Waals surface area contributed by atoms with Crippen LogP contribution in [0.1, 0.15) is 0 Å². The molecule has 1 aromatic carbocycles. The lowest BCUT2D eigenvalue weighted by molar-refractivity contribution is 0.458. The molecule has 0 aliphatic heterocycles. The Labute approximate surface area is 86.3 Å². The zero-order chi connectivity index (χ0) is 9.97. The van der Waals surface area contributed by atoms with Gasteiger partial charge in [-0.25, -0.2) is 4.98 Å². The Kier molecular flexibility index (Phi) is 2.41. The number of aromatic hydroxyl groups is 1. The molecule has 2 nitrogen and oxygen atoms in total. The highest BCUT2D eigenvalue weighted by Crippen LogP contribution is 2.29. The first-order valence-corrected chi connectivity index (χ1v) is 5.05. The van der Waals surface area contributed by atoms with Crippen molar-refractivity contribution in [1.29, 1.82) is 0 Å². The molecule has 0 saturated carbocycles. The summed E-state index contributed by atoms with van der Waals surface area (Å²) in [5.74, 6) is 0.202. The fraction of sp³-hybridized carbons (Fsp3) is 0. The zero-order valence-electron chi connectivity index (χ0n) is 7.47. The predicted octanol–water partition coefficient (Wildman–Crippen LogP) is 3.18. The summed E-state index contributed by atoms with van der Waals surface area (Å²) in [5, 5.41) is 12.8. The molecule has 0 fully saturated rings. The average molecular weight is 203 g/mol. The molecule has 0 amide bonds. The summed E-state index contributed by atoms with van der Waals surface area (Å²) in [5.41, 5.74) is 0.884. The Morgan fingerprint density at radius 1 is 1.36 bits per heavy atom. The second kappa shape index (κ2) is 3.72. The lowest BCUT2D eigenvalue weighted by atomic mass is 10.2. The molecule has 0 bridgehead atoms. The van der Waals surface area contributed by atoms with Crippen LogP contribution >= 0.6 is 11.8 Å². The van der Waals surface area contributed by atoms with Gasteiger partial charge in [0.2, 0.25) is 0 Å². The molecule has 0 aliphatic rings. The fourth-order valence-corrected chi connectivity index (χ4v) is 1.74. The van der Waals surface area contributed by atoms with E-state index < -0.39 is 0 Å². The fourth-order valence-electron chi connectivity index (χ4n) is 1.25. The molecular formula is C11H9NOS. The highest BCUT2D eigenvalue weighted by molar-refractivity contribution is 8.02. The number of aromatic nitrogens is 1. The van der Waals surface area contributed by atoms with E-state index in [-0.39, 0.29) is 5.75 Å². The van der Waals surface area contributed by atoms with Gasteiger partial charge in [0.05, 0.1) is 5.52 Å². The predicted molar refractivity (Wildman–Crippen MR) is 59.5 cm³/mol. The van der Waals surface area contributed by atoms with Crippen LogP contribution in [0.15, 0.2) is 47.3 Å². The van der Waals surface area contributed by atoms with Crippen molar-refractivity contribution < 1.29 is 5.11 Å². The number of hydrogen-bond acceptors (Lipinski definition) is 3. The molecule has 0 saturated heterocycles. The lowest BCUT2D eigenvalue weighted by Gasteiger charge is -2.02. The van der Waals surface area contributed by atoms with E-state index in [9.17, 15) is 5.11 Å². The Morgan fingerprint density at radius 2 is 2.14 bits per heavy atom. The maximum atomic E-state index is 9.61. The van der Waals surface area contributed by atoms with Crippen LogP contribution in [0.25, 0.3) is 10.9 Å². The van der Waals surface area contributed by atoms with E-state index in [0.717, 1.165) is 10.9 Å². The molecule has 2 aromatic rings. The summed E-state index contributed by atoms with van der Waals surface area (Å²) >= 11 is 1.32. The molecule has 14 heavy (non-hydrogen) atoms. The van der Waals surface area contributed by atoms with E-state index in [0.29, 0.717) is 5.03 Å². The summed E-state index contributed by atoms with van der Waals surface area (Å²) in [4.78, 5) is 4.31. The summed E-state index contributed by atoms with van der Waals surface area (Å²) in [6.45, 7) is 3.59. The summed E-state index contributed by atoms with van der Waals surface area (Å²) in [7, 11) is 0. The number of hydrogen-bond donors (Lipinski definition) is 1.